The Balaban J connectivity index is 1.79. The van der Waals surface area contributed by atoms with Crippen LogP contribution in [0.25, 0.3) is 0 Å². The first-order valence-corrected chi connectivity index (χ1v) is 8.40. The molecule has 2 atom stereocenters. The first-order chi connectivity index (χ1) is 11.2. The minimum absolute atomic E-state index is 0.0523. The molecule has 0 N–H and O–H groups in total. The van der Waals surface area contributed by atoms with Crippen LogP contribution in [0.15, 0.2) is 54.6 Å². The van der Waals surface area contributed by atoms with Gasteiger partial charge in [0.25, 0.3) is 0 Å². The summed E-state index contributed by atoms with van der Waals surface area (Å²) in [6.45, 7) is 1.14. The van der Waals surface area contributed by atoms with Gasteiger partial charge in [-0.05, 0) is 44.1 Å². The van der Waals surface area contributed by atoms with Crippen LogP contribution in [0.4, 0.5) is 4.39 Å². The summed E-state index contributed by atoms with van der Waals surface area (Å²) in [5, 5.41) is 0. The lowest BCUT2D eigenvalue weighted by molar-refractivity contribution is 0.109. The molecule has 1 fully saturated rings. The van der Waals surface area contributed by atoms with E-state index >= 15 is 0 Å². The molecule has 1 aliphatic rings. The van der Waals surface area contributed by atoms with Gasteiger partial charge in [-0.1, -0.05) is 42.8 Å². The third-order valence-corrected chi connectivity index (χ3v) is 4.65. The maximum absolute atomic E-state index is 13.5. The average molecular weight is 313 g/mol. The number of nitrogens with zero attached hydrogens (tertiary/aromatic N) is 1. The maximum atomic E-state index is 13.5. The van der Waals surface area contributed by atoms with Crippen molar-refractivity contribution in [2.45, 2.75) is 37.8 Å². The summed E-state index contributed by atoms with van der Waals surface area (Å²) in [6.07, 6.45) is 4.62. The third kappa shape index (κ3) is 4.32. The number of benzene rings is 2. The standard InChI is InChI=1S/C20H24FNO/c1-22-13-6-5-11-18(22)15-20(16-8-3-2-4-9-16)23-19-12-7-10-17(21)14-19/h2-4,7-10,12,14,18,20H,5-6,11,13,15H2,1H3. The molecule has 23 heavy (non-hydrogen) atoms. The molecule has 0 aliphatic carbocycles. The number of rotatable bonds is 5. The lowest BCUT2D eigenvalue weighted by Crippen LogP contribution is -2.37. The smallest absolute Gasteiger partial charge is 0.126 e. The highest BCUT2D eigenvalue weighted by molar-refractivity contribution is 5.25. The van der Waals surface area contributed by atoms with Crippen molar-refractivity contribution in [2.24, 2.45) is 0 Å². The molecule has 1 heterocycles. The number of hydrogen-bond acceptors (Lipinski definition) is 2. The van der Waals surface area contributed by atoms with Crippen molar-refractivity contribution in [3.63, 3.8) is 0 Å². The van der Waals surface area contributed by atoms with E-state index in [4.69, 9.17) is 4.74 Å². The highest BCUT2D eigenvalue weighted by Crippen LogP contribution is 2.30. The highest BCUT2D eigenvalue weighted by atomic mass is 19.1. The van der Waals surface area contributed by atoms with Gasteiger partial charge >= 0.3 is 0 Å². The monoisotopic (exact) mass is 313 g/mol. The number of halogens is 1. The molecule has 3 heteroatoms. The zero-order valence-electron chi connectivity index (χ0n) is 13.6. The molecule has 2 aromatic carbocycles. The summed E-state index contributed by atoms with van der Waals surface area (Å²) in [4.78, 5) is 2.42. The largest absolute Gasteiger partial charge is 0.486 e. The predicted molar refractivity (Wildman–Crippen MR) is 91.1 cm³/mol. The van der Waals surface area contributed by atoms with Gasteiger partial charge in [-0.15, -0.1) is 0 Å². The van der Waals surface area contributed by atoms with Gasteiger partial charge in [0, 0.05) is 18.5 Å². The van der Waals surface area contributed by atoms with Crippen LogP contribution in [0.2, 0.25) is 0 Å². The molecule has 2 aromatic rings. The lowest BCUT2D eigenvalue weighted by atomic mass is 9.94. The molecule has 1 saturated heterocycles. The van der Waals surface area contributed by atoms with E-state index in [9.17, 15) is 4.39 Å². The van der Waals surface area contributed by atoms with Crippen molar-refractivity contribution in [3.05, 3.63) is 66.0 Å². The molecule has 0 saturated carbocycles. The summed E-state index contributed by atoms with van der Waals surface area (Å²) < 4.78 is 19.6. The van der Waals surface area contributed by atoms with Gasteiger partial charge < -0.3 is 9.64 Å². The first kappa shape index (κ1) is 16.0. The Morgan fingerprint density at radius 1 is 1.13 bits per heavy atom. The molecule has 2 nitrogen and oxygen atoms in total. The normalized spacial score (nSPS) is 20.2. The van der Waals surface area contributed by atoms with Crippen LogP contribution in [-0.4, -0.2) is 24.5 Å². The minimum Gasteiger partial charge on any atom is -0.486 e. The third-order valence-electron chi connectivity index (χ3n) is 4.65. The van der Waals surface area contributed by atoms with Crippen LogP contribution in [0.1, 0.15) is 37.4 Å². The Hall–Kier alpha value is -1.87. The van der Waals surface area contributed by atoms with Crippen LogP contribution in [0, 0.1) is 5.82 Å². The van der Waals surface area contributed by atoms with E-state index < -0.39 is 0 Å². The molecule has 122 valence electrons. The Bertz CT molecular complexity index is 616. The number of hydrogen-bond donors (Lipinski definition) is 0. The second-order valence-corrected chi connectivity index (χ2v) is 6.34. The van der Waals surface area contributed by atoms with Crippen LogP contribution in [-0.2, 0) is 0 Å². The maximum Gasteiger partial charge on any atom is 0.126 e. The van der Waals surface area contributed by atoms with E-state index in [2.05, 4.69) is 24.1 Å². The van der Waals surface area contributed by atoms with Gasteiger partial charge in [-0.3, -0.25) is 0 Å². The Labute approximate surface area is 137 Å². The van der Waals surface area contributed by atoms with Crippen LogP contribution < -0.4 is 4.74 Å². The van der Waals surface area contributed by atoms with Gasteiger partial charge in [-0.2, -0.15) is 0 Å². The molecule has 0 aromatic heterocycles. The van der Waals surface area contributed by atoms with Crippen molar-refractivity contribution >= 4 is 0 Å². The highest BCUT2D eigenvalue weighted by Gasteiger charge is 2.25. The van der Waals surface area contributed by atoms with Crippen LogP contribution in [0.3, 0.4) is 0 Å². The molecule has 0 radical (unpaired) electrons. The van der Waals surface area contributed by atoms with E-state index in [0.29, 0.717) is 11.8 Å². The van der Waals surface area contributed by atoms with Gasteiger partial charge in [0.2, 0.25) is 0 Å². The fourth-order valence-corrected chi connectivity index (χ4v) is 3.31. The van der Waals surface area contributed by atoms with Crippen LogP contribution >= 0.6 is 0 Å². The van der Waals surface area contributed by atoms with E-state index in [1.807, 2.05) is 24.3 Å². The lowest BCUT2D eigenvalue weighted by Gasteiger charge is -2.35. The van der Waals surface area contributed by atoms with Gasteiger partial charge in [-0.25, -0.2) is 4.39 Å². The topological polar surface area (TPSA) is 12.5 Å². The number of likely N-dealkylation sites (tertiary alicyclic amines) is 1. The summed E-state index contributed by atoms with van der Waals surface area (Å²) in [5.74, 6) is 0.335. The zero-order chi connectivity index (χ0) is 16.1. The van der Waals surface area contributed by atoms with Crippen molar-refractivity contribution in [2.75, 3.05) is 13.6 Å². The molecule has 1 aliphatic heterocycles. The summed E-state index contributed by atoms with van der Waals surface area (Å²) in [6, 6.07) is 17.2. The van der Waals surface area contributed by atoms with E-state index in [-0.39, 0.29) is 11.9 Å². The van der Waals surface area contributed by atoms with Crippen LogP contribution in [0.5, 0.6) is 5.75 Å². The second-order valence-electron chi connectivity index (χ2n) is 6.34. The van der Waals surface area contributed by atoms with Crippen molar-refractivity contribution in [1.82, 2.24) is 4.90 Å². The first-order valence-electron chi connectivity index (χ1n) is 8.40. The van der Waals surface area contributed by atoms with E-state index in [1.54, 1.807) is 6.07 Å². The Morgan fingerprint density at radius 3 is 2.70 bits per heavy atom. The zero-order valence-corrected chi connectivity index (χ0v) is 13.6. The quantitative estimate of drug-likeness (QED) is 0.784. The second kappa shape index (κ2) is 7.60. The summed E-state index contributed by atoms with van der Waals surface area (Å²) in [7, 11) is 2.19. The van der Waals surface area contributed by atoms with Crippen molar-refractivity contribution < 1.29 is 9.13 Å². The molecular weight excluding hydrogens is 289 g/mol. The predicted octanol–water partition coefficient (Wildman–Crippen LogP) is 4.82. The van der Waals surface area contributed by atoms with Crippen molar-refractivity contribution in [1.29, 1.82) is 0 Å². The number of piperidine rings is 1. The summed E-state index contributed by atoms with van der Waals surface area (Å²) >= 11 is 0. The molecule has 0 amide bonds. The molecule has 3 rings (SSSR count). The van der Waals surface area contributed by atoms with E-state index in [0.717, 1.165) is 18.5 Å². The van der Waals surface area contributed by atoms with Crippen molar-refractivity contribution in [3.8, 4) is 5.75 Å². The molecule has 0 bridgehead atoms. The fraction of sp³-hybridized carbons (Fsp3) is 0.400. The molecule has 2 unspecified atom stereocenters. The fourth-order valence-electron chi connectivity index (χ4n) is 3.31. The molecule has 0 spiro atoms. The Morgan fingerprint density at radius 2 is 1.96 bits per heavy atom. The summed E-state index contributed by atoms with van der Waals surface area (Å²) in [5.41, 5.74) is 1.15. The minimum atomic E-state index is -0.260. The SMILES string of the molecule is CN1CCCCC1CC(Oc1cccc(F)c1)c1ccccc1. The number of ether oxygens (including phenoxy) is 1. The van der Waals surface area contributed by atoms with E-state index in [1.165, 1.54) is 31.4 Å². The molecular formula is C20H24FNO. The van der Waals surface area contributed by atoms with Gasteiger partial charge in [0.1, 0.15) is 17.7 Å². The van der Waals surface area contributed by atoms with Gasteiger partial charge in [0.05, 0.1) is 0 Å². The Kier molecular flexibility index (Phi) is 5.29. The van der Waals surface area contributed by atoms with Gasteiger partial charge in [0.15, 0.2) is 0 Å². The average Bonchev–Trinajstić information content (AvgIpc) is 2.57.